The number of thiazole rings is 1. The Kier molecular flexibility index (Phi) is 4.23. The lowest BCUT2D eigenvalue weighted by Crippen LogP contribution is -2.23. The van der Waals surface area contributed by atoms with Gasteiger partial charge in [0.05, 0.1) is 11.2 Å². The molecular formula is C9H12N2O3S. The first-order valence-corrected chi connectivity index (χ1v) is 5.33. The summed E-state index contributed by atoms with van der Waals surface area (Å²) in [5.41, 5.74) is 0. The van der Waals surface area contributed by atoms with Gasteiger partial charge < -0.3 is 10.4 Å². The average molecular weight is 228 g/mol. The summed E-state index contributed by atoms with van der Waals surface area (Å²) < 4.78 is 0. The number of rotatable bonds is 5. The lowest BCUT2D eigenvalue weighted by Gasteiger charge is -2.00. The second-order valence-corrected chi connectivity index (χ2v) is 4.23. The minimum Gasteiger partial charge on any atom is -0.481 e. The molecule has 1 heterocycles. The van der Waals surface area contributed by atoms with Gasteiger partial charge in [0, 0.05) is 13.0 Å². The molecule has 0 unspecified atom stereocenters. The van der Waals surface area contributed by atoms with Crippen LogP contribution in [0, 0.1) is 6.92 Å². The highest BCUT2D eigenvalue weighted by Gasteiger charge is 2.07. The summed E-state index contributed by atoms with van der Waals surface area (Å²) >= 11 is 1.32. The van der Waals surface area contributed by atoms with Crippen molar-refractivity contribution in [1.82, 2.24) is 10.3 Å². The summed E-state index contributed by atoms with van der Waals surface area (Å²) in [6, 6.07) is 0. The van der Waals surface area contributed by atoms with Crippen molar-refractivity contribution in [2.24, 2.45) is 0 Å². The lowest BCUT2D eigenvalue weighted by atomic mass is 10.3. The van der Waals surface area contributed by atoms with Gasteiger partial charge in [0.2, 0.25) is 0 Å². The Morgan fingerprint density at radius 2 is 2.33 bits per heavy atom. The third kappa shape index (κ3) is 4.07. The number of amides is 1. The van der Waals surface area contributed by atoms with Crippen LogP contribution >= 0.6 is 11.3 Å². The summed E-state index contributed by atoms with van der Waals surface area (Å²) in [4.78, 5) is 26.1. The van der Waals surface area contributed by atoms with Crippen LogP contribution in [0.5, 0.6) is 0 Å². The maximum absolute atomic E-state index is 11.4. The molecule has 1 aromatic heterocycles. The molecule has 2 N–H and O–H groups in total. The smallest absolute Gasteiger partial charge is 0.303 e. The molecule has 0 spiro atoms. The number of aryl methyl sites for hydroxylation is 1. The Bertz CT molecular complexity index is 362. The van der Waals surface area contributed by atoms with Crippen LogP contribution in [0.1, 0.15) is 27.5 Å². The monoisotopic (exact) mass is 228 g/mol. The highest BCUT2D eigenvalue weighted by atomic mass is 32.1. The van der Waals surface area contributed by atoms with E-state index in [1.54, 1.807) is 0 Å². The molecule has 15 heavy (non-hydrogen) atoms. The minimum atomic E-state index is -0.849. The van der Waals surface area contributed by atoms with E-state index in [0.29, 0.717) is 17.8 Å². The van der Waals surface area contributed by atoms with Crippen molar-refractivity contribution >= 4 is 23.2 Å². The van der Waals surface area contributed by atoms with Gasteiger partial charge in [-0.1, -0.05) is 0 Å². The van der Waals surface area contributed by atoms with E-state index in [-0.39, 0.29) is 12.3 Å². The highest BCUT2D eigenvalue weighted by Crippen LogP contribution is 2.10. The standard InChI is InChI=1S/C9H12N2O3S/c1-6-11-5-7(15-6)9(14)10-4-2-3-8(12)13/h5H,2-4H2,1H3,(H,10,14)(H,12,13). The Balaban J connectivity index is 2.28. The molecule has 6 heteroatoms. The topological polar surface area (TPSA) is 79.3 Å². The highest BCUT2D eigenvalue weighted by molar-refractivity contribution is 7.13. The number of hydrogen-bond acceptors (Lipinski definition) is 4. The number of carbonyl (C=O) groups is 2. The molecule has 0 bridgehead atoms. The molecule has 1 amide bonds. The van der Waals surface area contributed by atoms with Gasteiger partial charge in [-0.25, -0.2) is 4.98 Å². The van der Waals surface area contributed by atoms with Crippen LogP contribution in [0.15, 0.2) is 6.20 Å². The van der Waals surface area contributed by atoms with Crippen molar-refractivity contribution < 1.29 is 14.7 Å². The van der Waals surface area contributed by atoms with Gasteiger partial charge in [0.15, 0.2) is 0 Å². The van der Waals surface area contributed by atoms with Crippen LogP contribution in [0.3, 0.4) is 0 Å². The molecule has 0 aliphatic carbocycles. The third-order valence-corrected chi connectivity index (χ3v) is 2.61. The molecule has 82 valence electrons. The van der Waals surface area contributed by atoms with E-state index >= 15 is 0 Å². The fourth-order valence-corrected chi connectivity index (χ4v) is 1.69. The second-order valence-electron chi connectivity index (χ2n) is 3.00. The molecule has 0 aliphatic rings. The number of nitrogens with zero attached hydrogens (tertiary/aromatic N) is 1. The number of carboxylic acids is 1. The maximum atomic E-state index is 11.4. The van der Waals surface area contributed by atoms with Crippen molar-refractivity contribution in [3.05, 3.63) is 16.1 Å². The van der Waals surface area contributed by atoms with E-state index in [9.17, 15) is 9.59 Å². The predicted molar refractivity (Wildman–Crippen MR) is 56.1 cm³/mol. The minimum absolute atomic E-state index is 0.0714. The molecule has 0 saturated carbocycles. The molecule has 5 nitrogen and oxygen atoms in total. The molecule has 1 aromatic rings. The van der Waals surface area contributed by atoms with Gasteiger partial charge >= 0.3 is 5.97 Å². The van der Waals surface area contributed by atoms with E-state index < -0.39 is 5.97 Å². The van der Waals surface area contributed by atoms with Crippen LogP contribution in [0.4, 0.5) is 0 Å². The average Bonchev–Trinajstić information content (AvgIpc) is 2.59. The summed E-state index contributed by atoms with van der Waals surface area (Å²) in [6.07, 6.45) is 2.04. The van der Waals surface area contributed by atoms with E-state index in [4.69, 9.17) is 5.11 Å². The summed E-state index contributed by atoms with van der Waals surface area (Å²) in [5, 5.41) is 11.9. The van der Waals surface area contributed by atoms with Crippen molar-refractivity contribution in [2.75, 3.05) is 6.54 Å². The van der Waals surface area contributed by atoms with Gasteiger partial charge in [-0.3, -0.25) is 9.59 Å². The fourth-order valence-electron chi connectivity index (χ4n) is 0.995. The molecule has 0 saturated heterocycles. The predicted octanol–water partition coefficient (Wildman–Crippen LogP) is 1.05. The molecule has 0 aliphatic heterocycles. The number of hydrogen-bond donors (Lipinski definition) is 2. The van der Waals surface area contributed by atoms with E-state index in [1.807, 2.05) is 6.92 Å². The first kappa shape index (κ1) is 11.6. The SMILES string of the molecule is Cc1ncc(C(=O)NCCCC(=O)O)s1. The zero-order valence-corrected chi connectivity index (χ0v) is 9.13. The van der Waals surface area contributed by atoms with Crippen molar-refractivity contribution in [3.63, 3.8) is 0 Å². The summed E-state index contributed by atoms with van der Waals surface area (Å²) in [7, 11) is 0. The van der Waals surface area contributed by atoms with Crippen LogP contribution in [-0.4, -0.2) is 28.5 Å². The molecule has 0 fully saturated rings. The van der Waals surface area contributed by atoms with Gasteiger partial charge in [0.25, 0.3) is 5.91 Å². The normalized spacial score (nSPS) is 9.93. The van der Waals surface area contributed by atoms with E-state index in [2.05, 4.69) is 10.3 Å². The quantitative estimate of drug-likeness (QED) is 0.738. The van der Waals surface area contributed by atoms with Gasteiger partial charge in [-0.05, 0) is 13.3 Å². The number of carboxylic acid groups (broad SMARTS) is 1. The first-order valence-electron chi connectivity index (χ1n) is 4.52. The zero-order chi connectivity index (χ0) is 11.3. The summed E-state index contributed by atoms with van der Waals surface area (Å²) in [6.45, 7) is 2.20. The molecule has 1 rings (SSSR count). The number of carbonyl (C=O) groups excluding carboxylic acids is 1. The largest absolute Gasteiger partial charge is 0.481 e. The lowest BCUT2D eigenvalue weighted by molar-refractivity contribution is -0.137. The number of nitrogens with one attached hydrogen (secondary N) is 1. The molecule has 0 atom stereocenters. The van der Waals surface area contributed by atoms with Crippen LogP contribution in [0.2, 0.25) is 0 Å². The zero-order valence-electron chi connectivity index (χ0n) is 8.32. The van der Waals surface area contributed by atoms with Crippen LogP contribution < -0.4 is 5.32 Å². The first-order chi connectivity index (χ1) is 7.09. The van der Waals surface area contributed by atoms with Gasteiger partial charge in [-0.2, -0.15) is 0 Å². The number of aromatic nitrogens is 1. The van der Waals surface area contributed by atoms with Crippen molar-refractivity contribution in [1.29, 1.82) is 0 Å². The maximum Gasteiger partial charge on any atom is 0.303 e. The third-order valence-electron chi connectivity index (χ3n) is 1.70. The Morgan fingerprint density at radius 1 is 1.60 bits per heavy atom. The van der Waals surface area contributed by atoms with Gasteiger partial charge in [-0.15, -0.1) is 11.3 Å². The van der Waals surface area contributed by atoms with Crippen molar-refractivity contribution in [2.45, 2.75) is 19.8 Å². The Hall–Kier alpha value is -1.43. The van der Waals surface area contributed by atoms with E-state index in [1.165, 1.54) is 17.5 Å². The molecule has 0 radical (unpaired) electrons. The van der Waals surface area contributed by atoms with E-state index in [0.717, 1.165) is 5.01 Å². The van der Waals surface area contributed by atoms with Crippen LogP contribution in [-0.2, 0) is 4.79 Å². The molecule has 0 aromatic carbocycles. The second kappa shape index (κ2) is 5.45. The van der Waals surface area contributed by atoms with Crippen LogP contribution in [0.25, 0.3) is 0 Å². The Morgan fingerprint density at radius 3 is 2.87 bits per heavy atom. The molecular weight excluding hydrogens is 216 g/mol. The van der Waals surface area contributed by atoms with Gasteiger partial charge in [0.1, 0.15) is 4.88 Å². The fraction of sp³-hybridized carbons (Fsp3) is 0.444. The number of aliphatic carboxylic acids is 1. The Labute approximate surface area is 91.1 Å². The van der Waals surface area contributed by atoms with Crippen molar-refractivity contribution in [3.8, 4) is 0 Å². The summed E-state index contributed by atoms with van der Waals surface area (Å²) in [5.74, 6) is -1.04.